The minimum Gasteiger partial charge on any atom is -0.328 e. The van der Waals surface area contributed by atoms with E-state index in [0.29, 0.717) is 21.2 Å². The van der Waals surface area contributed by atoms with E-state index in [0.717, 1.165) is 5.56 Å². The van der Waals surface area contributed by atoms with Crippen LogP contribution in [0.4, 0.5) is 0 Å². The topological polar surface area (TPSA) is 56.6 Å². The lowest BCUT2D eigenvalue weighted by molar-refractivity contribution is 1.15. The maximum Gasteiger partial charge on any atom is 0.255 e. The number of nitrogens with zero attached hydrogens (tertiary/aromatic N) is 1. The predicted molar refractivity (Wildman–Crippen MR) is 71.8 cm³/mol. The summed E-state index contributed by atoms with van der Waals surface area (Å²) in [5, 5.41) is 9.58. The second-order valence-corrected chi connectivity index (χ2v) is 4.62. The number of nitriles is 1. The maximum atomic E-state index is 11.8. The van der Waals surface area contributed by atoms with Crippen LogP contribution in [-0.4, -0.2) is 4.98 Å². The summed E-state index contributed by atoms with van der Waals surface area (Å²) in [6, 6.07) is 8.62. The van der Waals surface area contributed by atoms with Gasteiger partial charge < -0.3 is 4.98 Å². The number of hydrogen-bond acceptors (Lipinski definition) is 2. The van der Waals surface area contributed by atoms with Gasteiger partial charge in [0.1, 0.15) is 0 Å². The molecule has 0 radical (unpaired) electrons. The minimum atomic E-state index is -0.241. The smallest absolute Gasteiger partial charge is 0.255 e. The number of aromatic nitrogens is 1. The Morgan fingerprint density at radius 2 is 1.83 bits per heavy atom. The third kappa shape index (κ3) is 2.73. The molecule has 0 aliphatic heterocycles. The summed E-state index contributed by atoms with van der Waals surface area (Å²) in [4.78, 5) is 14.4. The van der Waals surface area contributed by atoms with Crippen molar-refractivity contribution < 1.29 is 0 Å². The monoisotopic (exact) mass is 278 g/mol. The summed E-state index contributed by atoms with van der Waals surface area (Å²) in [6.07, 6.45) is 1.76. The van der Waals surface area contributed by atoms with Crippen molar-refractivity contribution in [2.24, 2.45) is 0 Å². The van der Waals surface area contributed by atoms with Crippen LogP contribution in [0.25, 0.3) is 11.1 Å². The Hall–Kier alpha value is -1.76. The van der Waals surface area contributed by atoms with Crippen molar-refractivity contribution in [1.29, 1.82) is 5.26 Å². The van der Waals surface area contributed by atoms with Gasteiger partial charge in [0.15, 0.2) is 0 Å². The molecular formula is C13H8Cl2N2O. The molecule has 1 heterocycles. The fraction of sp³-hybridized carbons (Fsp3) is 0.0769. The molecule has 0 spiro atoms. The van der Waals surface area contributed by atoms with Gasteiger partial charge in [-0.2, -0.15) is 5.26 Å². The van der Waals surface area contributed by atoms with Crippen molar-refractivity contribution in [2.45, 2.75) is 6.42 Å². The number of rotatable bonds is 2. The number of halogens is 2. The summed E-state index contributed by atoms with van der Waals surface area (Å²) in [6.45, 7) is 0. The lowest BCUT2D eigenvalue weighted by atomic mass is 10.0. The molecule has 1 aromatic heterocycles. The standard InChI is InChI=1S/C13H8Cl2N2O/c14-10-4-9(5-11(15)6-10)12-3-8(1-2-16)7-17-13(12)18/h3-7H,1H2,(H,17,18). The van der Waals surface area contributed by atoms with Gasteiger partial charge in [0, 0.05) is 21.8 Å². The second kappa shape index (κ2) is 5.26. The van der Waals surface area contributed by atoms with Gasteiger partial charge >= 0.3 is 0 Å². The summed E-state index contributed by atoms with van der Waals surface area (Å²) < 4.78 is 0. The predicted octanol–water partition coefficient (Wildman–Crippen LogP) is 3.41. The zero-order chi connectivity index (χ0) is 13.1. The summed E-state index contributed by atoms with van der Waals surface area (Å²) in [5.41, 5.74) is 1.58. The Labute approximate surface area is 114 Å². The Morgan fingerprint density at radius 3 is 2.44 bits per heavy atom. The van der Waals surface area contributed by atoms with E-state index in [4.69, 9.17) is 28.5 Å². The van der Waals surface area contributed by atoms with E-state index < -0.39 is 0 Å². The quantitative estimate of drug-likeness (QED) is 0.915. The van der Waals surface area contributed by atoms with Gasteiger partial charge in [-0.05, 0) is 35.4 Å². The van der Waals surface area contributed by atoms with Gasteiger partial charge in [0.2, 0.25) is 0 Å². The van der Waals surface area contributed by atoms with E-state index in [-0.39, 0.29) is 12.0 Å². The lowest BCUT2D eigenvalue weighted by Gasteiger charge is -2.04. The van der Waals surface area contributed by atoms with Crippen LogP contribution in [0.1, 0.15) is 5.56 Å². The van der Waals surface area contributed by atoms with E-state index in [2.05, 4.69) is 4.98 Å². The molecule has 90 valence electrons. The Bertz CT molecular complexity index is 666. The zero-order valence-corrected chi connectivity index (χ0v) is 10.7. The highest BCUT2D eigenvalue weighted by molar-refractivity contribution is 6.35. The van der Waals surface area contributed by atoms with Crippen LogP contribution in [0.15, 0.2) is 35.3 Å². The normalized spacial score (nSPS) is 10.1. The van der Waals surface area contributed by atoms with Crippen molar-refractivity contribution in [2.75, 3.05) is 0 Å². The van der Waals surface area contributed by atoms with Crippen LogP contribution < -0.4 is 5.56 Å². The highest BCUT2D eigenvalue weighted by Gasteiger charge is 2.07. The fourth-order valence-corrected chi connectivity index (χ4v) is 2.17. The van der Waals surface area contributed by atoms with E-state index >= 15 is 0 Å². The van der Waals surface area contributed by atoms with E-state index in [1.54, 1.807) is 24.3 Å². The van der Waals surface area contributed by atoms with E-state index in [1.807, 2.05) is 6.07 Å². The van der Waals surface area contributed by atoms with Crippen molar-refractivity contribution in [3.8, 4) is 17.2 Å². The molecule has 0 fully saturated rings. The molecule has 18 heavy (non-hydrogen) atoms. The van der Waals surface area contributed by atoms with Gasteiger partial charge in [0.05, 0.1) is 12.5 Å². The van der Waals surface area contributed by atoms with Crippen molar-refractivity contribution >= 4 is 23.2 Å². The SMILES string of the molecule is N#CCc1c[nH]c(=O)c(-c2cc(Cl)cc(Cl)c2)c1. The number of benzene rings is 1. The summed E-state index contributed by atoms with van der Waals surface area (Å²) in [5.74, 6) is 0. The number of pyridine rings is 1. The summed E-state index contributed by atoms with van der Waals surface area (Å²) in [7, 11) is 0. The van der Waals surface area contributed by atoms with Gasteiger partial charge in [-0.3, -0.25) is 4.79 Å². The first kappa shape index (κ1) is 12.7. The third-order valence-corrected chi connectivity index (χ3v) is 2.86. The fourth-order valence-electron chi connectivity index (χ4n) is 1.65. The molecule has 0 aliphatic carbocycles. The van der Waals surface area contributed by atoms with Crippen LogP contribution in [0.2, 0.25) is 10.0 Å². The van der Waals surface area contributed by atoms with Crippen LogP contribution in [0, 0.1) is 11.3 Å². The molecule has 1 N–H and O–H groups in total. The van der Waals surface area contributed by atoms with E-state index in [9.17, 15) is 4.79 Å². The average Bonchev–Trinajstić information content (AvgIpc) is 2.30. The first-order valence-corrected chi connectivity index (χ1v) is 5.91. The molecule has 0 bridgehead atoms. The Kier molecular flexibility index (Phi) is 3.71. The molecule has 2 aromatic rings. The largest absolute Gasteiger partial charge is 0.328 e. The molecule has 0 atom stereocenters. The first-order chi connectivity index (χ1) is 8.60. The van der Waals surface area contributed by atoms with Crippen molar-refractivity contribution in [3.63, 3.8) is 0 Å². The van der Waals surface area contributed by atoms with E-state index in [1.165, 1.54) is 6.20 Å². The van der Waals surface area contributed by atoms with Crippen LogP contribution in [0.3, 0.4) is 0 Å². The van der Waals surface area contributed by atoms with Gasteiger partial charge in [-0.25, -0.2) is 0 Å². The lowest BCUT2D eigenvalue weighted by Crippen LogP contribution is -2.09. The van der Waals surface area contributed by atoms with Crippen molar-refractivity contribution in [1.82, 2.24) is 4.98 Å². The molecule has 0 saturated carbocycles. The van der Waals surface area contributed by atoms with Crippen molar-refractivity contribution in [3.05, 3.63) is 56.4 Å². The molecule has 0 amide bonds. The van der Waals surface area contributed by atoms with Gasteiger partial charge in [-0.15, -0.1) is 0 Å². The number of aromatic amines is 1. The third-order valence-electron chi connectivity index (χ3n) is 2.42. The molecule has 0 aliphatic rings. The Balaban J connectivity index is 2.59. The highest BCUT2D eigenvalue weighted by atomic mass is 35.5. The van der Waals surface area contributed by atoms with Crippen LogP contribution in [-0.2, 0) is 6.42 Å². The second-order valence-electron chi connectivity index (χ2n) is 3.74. The van der Waals surface area contributed by atoms with Crippen LogP contribution >= 0.6 is 23.2 Å². The van der Waals surface area contributed by atoms with Gasteiger partial charge in [-0.1, -0.05) is 23.2 Å². The molecule has 1 aromatic carbocycles. The number of H-pyrrole nitrogens is 1. The molecule has 3 nitrogen and oxygen atoms in total. The zero-order valence-electron chi connectivity index (χ0n) is 9.21. The highest BCUT2D eigenvalue weighted by Crippen LogP contribution is 2.25. The maximum absolute atomic E-state index is 11.8. The minimum absolute atomic E-state index is 0.234. The summed E-state index contributed by atoms with van der Waals surface area (Å²) >= 11 is 11.8. The molecule has 2 rings (SSSR count). The van der Waals surface area contributed by atoms with Crippen LogP contribution in [0.5, 0.6) is 0 Å². The number of hydrogen-bond donors (Lipinski definition) is 1. The first-order valence-electron chi connectivity index (χ1n) is 5.15. The number of nitrogens with one attached hydrogen (secondary N) is 1. The molecule has 0 unspecified atom stereocenters. The van der Waals surface area contributed by atoms with Gasteiger partial charge in [0.25, 0.3) is 5.56 Å². The average molecular weight is 279 g/mol. The Morgan fingerprint density at radius 1 is 1.17 bits per heavy atom. The molecular weight excluding hydrogens is 271 g/mol. The molecule has 0 saturated heterocycles. The molecule has 5 heteroatoms.